The molecule has 1 aromatic carbocycles. The van der Waals surface area contributed by atoms with Gasteiger partial charge in [0.2, 0.25) is 11.8 Å². The third kappa shape index (κ3) is 4.63. The summed E-state index contributed by atoms with van der Waals surface area (Å²) in [6, 6.07) is 17.6. The van der Waals surface area contributed by atoms with Gasteiger partial charge < -0.3 is 14.5 Å². The molecule has 0 bridgehead atoms. The van der Waals surface area contributed by atoms with Gasteiger partial charge in [0.05, 0.1) is 11.6 Å². The highest BCUT2D eigenvalue weighted by Crippen LogP contribution is 2.45. The van der Waals surface area contributed by atoms with Gasteiger partial charge in [0.25, 0.3) is 5.91 Å². The van der Waals surface area contributed by atoms with E-state index in [1.807, 2.05) is 54.1 Å². The van der Waals surface area contributed by atoms with E-state index in [1.54, 1.807) is 24.5 Å². The lowest BCUT2D eigenvalue weighted by Crippen LogP contribution is -2.46. The van der Waals surface area contributed by atoms with E-state index in [0.29, 0.717) is 37.2 Å². The summed E-state index contributed by atoms with van der Waals surface area (Å²) in [6.07, 6.45) is 6.27. The normalized spacial score (nSPS) is 19.3. The Bertz CT molecular complexity index is 1200. The van der Waals surface area contributed by atoms with Crippen LogP contribution < -0.4 is 4.74 Å². The Morgan fingerprint density at radius 1 is 1.06 bits per heavy atom. The van der Waals surface area contributed by atoms with Gasteiger partial charge in [-0.2, -0.15) is 0 Å². The molecule has 1 atom stereocenters. The van der Waals surface area contributed by atoms with E-state index in [0.717, 1.165) is 18.5 Å². The van der Waals surface area contributed by atoms with Crippen LogP contribution >= 0.6 is 0 Å². The molecule has 1 unspecified atom stereocenters. The average molecular weight is 471 g/mol. The van der Waals surface area contributed by atoms with Crippen molar-refractivity contribution in [2.75, 3.05) is 20.1 Å². The third-order valence-electron chi connectivity index (χ3n) is 7.37. The van der Waals surface area contributed by atoms with Gasteiger partial charge in [-0.25, -0.2) is 4.98 Å². The zero-order valence-electron chi connectivity index (χ0n) is 20.2. The number of rotatable bonds is 5. The van der Waals surface area contributed by atoms with Crippen molar-refractivity contribution in [3.05, 3.63) is 83.8 Å². The predicted octanol–water partition coefficient (Wildman–Crippen LogP) is 4.27. The fraction of sp³-hybridized carbons (Fsp3) is 0.357. The van der Waals surface area contributed by atoms with Crippen molar-refractivity contribution in [2.45, 2.75) is 38.6 Å². The summed E-state index contributed by atoms with van der Waals surface area (Å²) in [4.78, 5) is 39.0. The number of likely N-dealkylation sites (N-methyl/N-ethyl adjacent to an activating group) is 1. The van der Waals surface area contributed by atoms with Crippen LogP contribution in [0, 0.1) is 12.3 Å². The highest BCUT2D eigenvalue weighted by molar-refractivity contribution is 5.96. The van der Waals surface area contributed by atoms with E-state index in [9.17, 15) is 9.59 Å². The number of carbonyl (C=O) groups is 2. The molecule has 2 amide bonds. The number of nitrogens with zero attached hydrogens (tertiary/aromatic N) is 4. The van der Waals surface area contributed by atoms with Crippen LogP contribution in [0.5, 0.6) is 11.6 Å². The molecule has 3 aromatic rings. The number of hydrogen-bond acceptors (Lipinski definition) is 5. The number of aromatic nitrogens is 2. The first-order valence-electron chi connectivity index (χ1n) is 12.1. The van der Waals surface area contributed by atoms with Gasteiger partial charge in [-0.1, -0.05) is 30.3 Å². The molecule has 7 heteroatoms. The number of amides is 2. The van der Waals surface area contributed by atoms with Gasteiger partial charge in [0.15, 0.2) is 0 Å². The minimum absolute atomic E-state index is 0.123. The fourth-order valence-electron chi connectivity index (χ4n) is 5.30. The van der Waals surface area contributed by atoms with E-state index in [2.05, 4.69) is 22.1 Å². The zero-order chi connectivity index (χ0) is 24.4. The Hall–Kier alpha value is -3.74. The summed E-state index contributed by atoms with van der Waals surface area (Å²) < 4.78 is 5.89. The molecule has 1 spiro atoms. The summed E-state index contributed by atoms with van der Waals surface area (Å²) >= 11 is 0. The standard InChI is InChI=1S/C28H30N4O3/c1-20-10-11-23(19-30-20)35-25-24(9-6-14-29-25)26(33)32-15-12-28(13-16-32)18-22(31(2)27(28)34)17-21-7-4-3-5-8-21/h3-11,14,19,22H,12-13,15-18H2,1-2H3. The maximum atomic E-state index is 13.4. The second-order valence-electron chi connectivity index (χ2n) is 9.63. The lowest BCUT2D eigenvalue weighted by Gasteiger charge is -2.37. The van der Waals surface area contributed by atoms with E-state index in [1.165, 1.54) is 5.56 Å². The van der Waals surface area contributed by atoms with E-state index in [-0.39, 0.29) is 29.2 Å². The molecule has 2 aromatic heterocycles. The van der Waals surface area contributed by atoms with Crippen LogP contribution in [0.25, 0.3) is 0 Å². The highest BCUT2D eigenvalue weighted by atomic mass is 16.5. The average Bonchev–Trinajstić information content (AvgIpc) is 3.11. The lowest BCUT2D eigenvalue weighted by molar-refractivity contribution is -0.137. The maximum Gasteiger partial charge on any atom is 0.259 e. The van der Waals surface area contributed by atoms with E-state index < -0.39 is 0 Å². The molecule has 0 saturated carbocycles. The summed E-state index contributed by atoms with van der Waals surface area (Å²) in [7, 11) is 1.92. The quantitative estimate of drug-likeness (QED) is 0.557. The number of ether oxygens (including phenoxy) is 1. The minimum Gasteiger partial charge on any atom is -0.437 e. The molecule has 2 fully saturated rings. The Balaban J connectivity index is 1.26. The molecular weight excluding hydrogens is 440 g/mol. The van der Waals surface area contributed by atoms with Crippen LogP contribution in [0.15, 0.2) is 67.0 Å². The van der Waals surface area contributed by atoms with Crippen molar-refractivity contribution in [1.29, 1.82) is 0 Å². The van der Waals surface area contributed by atoms with Crippen molar-refractivity contribution in [1.82, 2.24) is 19.8 Å². The number of piperidine rings is 1. The number of likely N-dealkylation sites (tertiary alicyclic amines) is 2. The molecule has 2 saturated heterocycles. The summed E-state index contributed by atoms with van der Waals surface area (Å²) in [5.41, 5.74) is 2.16. The number of pyridine rings is 2. The number of benzene rings is 1. The van der Waals surface area contributed by atoms with Crippen molar-refractivity contribution in [2.24, 2.45) is 5.41 Å². The molecule has 4 heterocycles. The number of carbonyl (C=O) groups excluding carboxylic acids is 2. The van der Waals surface area contributed by atoms with E-state index >= 15 is 0 Å². The molecule has 5 rings (SSSR count). The third-order valence-corrected chi connectivity index (χ3v) is 7.37. The summed E-state index contributed by atoms with van der Waals surface area (Å²) in [5.74, 6) is 0.887. The highest BCUT2D eigenvalue weighted by Gasteiger charge is 2.51. The van der Waals surface area contributed by atoms with Crippen LogP contribution in [-0.4, -0.2) is 57.8 Å². The molecule has 0 aliphatic carbocycles. The molecule has 35 heavy (non-hydrogen) atoms. The SMILES string of the molecule is Cc1ccc(Oc2ncccc2C(=O)N2CCC3(CC2)CC(Cc2ccccc2)N(C)C3=O)cn1. The number of aryl methyl sites for hydroxylation is 1. The van der Waals surface area contributed by atoms with Crippen molar-refractivity contribution >= 4 is 11.8 Å². The van der Waals surface area contributed by atoms with Crippen LogP contribution in [-0.2, 0) is 11.2 Å². The Morgan fingerprint density at radius 2 is 1.83 bits per heavy atom. The van der Waals surface area contributed by atoms with E-state index in [4.69, 9.17) is 4.74 Å². The summed E-state index contributed by atoms with van der Waals surface area (Å²) in [5, 5.41) is 0. The van der Waals surface area contributed by atoms with Gasteiger partial charge >= 0.3 is 0 Å². The first-order valence-corrected chi connectivity index (χ1v) is 12.1. The topological polar surface area (TPSA) is 75.6 Å². The van der Waals surface area contributed by atoms with Crippen molar-refractivity contribution in [3.63, 3.8) is 0 Å². The first kappa shape index (κ1) is 23.0. The van der Waals surface area contributed by atoms with Gasteiger partial charge in [0.1, 0.15) is 11.3 Å². The van der Waals surface area contributed by atoms with Gasteiger partial charge in [-0.3, -0.25) is 14.6 Å². The minimum atomic E-state index is -0.382. The van der Waals surface area contributed by atoms with Crippen LogP contribution in [0.2, 0.25) is 0 Å². The van der Waals surface area contributed by atoms with Crippen molar-refractivity contribution in [3.8, 4) is 11.6 Å². The van der Waals surface area contributed by atoms with Crippen LogP contribution in [0.4, 0.5) is 0 Å². The van der Waals surface area contributed by atoms with Gasteiger partial charge in [-0.15, -0.1) is 0 Å². The smallest absolute Gasteiger partial charge is 0.259 e. The second kappa shape index (κ2) is 9.49. The Labute approximate surface area is 205 Å². The largest absolute Gasteiger partial charge is 0.437 e. The maximum absolute atomic E-state index is 13.4. The van der Waals surface area contributed by atoms with Gasteiger partial charge in [-0.05, 0) is 62.4 Å². The van der Waals surface area contributed by atoms with Crippen LogP contribution in [0.1, 0.15) is 40.9 Å². The van der Waals surface area contributed by atoms with Crippen molar-refractivity contribution < 1.29 is 14.3 Å². The zero-order valence-corrected chi connectivity index (χ0v) is 20.2. The summed E-state index contributed by atoms with van der Waals surface area (Å²) in [6.45, 7) is 2.98. The second-order valence-corrected chi connectivity index (χ2v) is 9.63. The Kier molecular flexibility index (Phi) is 6.24. The first-order chi connectivity index (χ1) is 16.9. The van der Waals surface area contributed by atoms with Gasteiger partial charge in [0, 0.05) is 38.1 Å². The monoisotopic (exact) mass is 470 g/mol. The molecule has 7 nitrogen and oxygen atoms in total. The lowest BCUT2D eigenvalue weighted by atomic mass is 9.75. The fourth-order valence-corrected chi connectivity index (χ4v) is 5.30. The van der Waals surface area contributed by atoms with Crippen LogP contribution in [0.3, 0.4) is 0 Å². The Morgan fingerprint density at radius 3 is 2.54 bits per heavy atom. The predicted molar refractivity (Wildman–Crippen MR) is 132 cm³/mol. The molecule has 2 aliphatic heterocycles. The molecule has 0 radical (unpaired) electrons. The molecular formula is C28H30N4O3. The molecule has 0 N–H and O–H groups in total. The number of hydrogen-bond donors (Lipinski definition) is 0. The molecule has 2 aliphatic rings. The molecule has 180 valence electrons.